The molecule has 0 saturated heterocycles. The van der Waals surface area contributed by atoms with Gasteiger partial charge in [-0.25, -0.2) is 5.90 Å². The second-order valence-corrected chi connectivity index (χ2v) is 2.91. The Morgan fingerprint density at radius 3 is 3.23 bits per heavy atom. The molecule has 1 aromatic heterocycles. The number of nitrogens with two attached hydrogens (primary N) is 1. The van der Waals surface area contributed by atoms with Crippen LogP contribution in [0.15, 0.2) is 24.4 Å². The molecule has 4 nitrogen and oxygen atoms in total. The maximum Gasteiger partial charge on any atom is 0.0719 e. The Morgan fingerprint density at radius 2 is 2.38 bits per heavy atom. The zero-order valence-electron chi connectivity index (χ0n) is 7.16. The lowest BCUT2D eigenvalue weighted by molar-refractivity contribution is 0.141. The number of nitrogens with one attached hydrogen (secondary N) is 1. The van der Waals surface area contributed by atoms with Crippen molar-refractivity contribution in [1.82, 2.24) is 10.2 Å². The molecule has 0 amide bonds. The normalized spacial score (nSPS) is 10.8. The maximum absolute atomic E-state index is 4.95. The van der Waals surface area contributed by atoms with Gasteiger partial charge in [-0.3, -0.25) is 5.10 Å². The van der Waals surface area contributed by atoms with Gasteiger partial charge in [0.15, 0.2) is 0 Å². The fourth-order valence-corrected chi connectivity index (χ4v) is 1.32. The lowest BCUT2D eigenvalue weighted by Gasteiger charge is -1.99. The van der Waals surface area contributed by atoms with Gasteiger partial charge in [0.1, 0.15) is 0 Å². The van der Waals surface area contributed by atoms with Crippen molar-refractivity contribution >= 4 is 10.9 Å². The van der Waals surface area contributed by atoms with E-state index in [1.165, 1.54) is 5.56 Å². The molecule has 1 heterocycles. The van der Waals surface area contributed by atoms with Crippen LogP contribution < -0.4 is 5.90 Å². The number of nitrogens with zero attached hydrogens (tertiary/aromatic N) is 1. The van der Waals surface area contributed by atoms with Gasteiger partial charge < -0.3 is 4.84 Å². The summed E-state index contributed by atoms with van der Waals surface area (Å²) in [6, 6.07) is 6.14. The number of aromatic amines is 1. The topological polar surface area (TPSA) is 63.9 Å². The molecule has 0 atom stereocenters. The minimum atomic E-state index is 0.541. The minimum absolute atomic E-state index is 0.541. The quantitative estimate of drug-likeness (QED) is 0.687. The number of benzene rings is 1. The molecule has 0 spiro atoms. The molecule has 3 N–H and O–H groups in total. The summed E-state index contributed by atoms with van der Waals surface area (Å²) in [7, 11) is 0. The van der Waals surface area contributed by atoms with Gasteiger partial charge in [-0.2, -0.15) is 5.10 Å². The molecule has 0 aliphatic heterocycles. The van der Waals surface area contributed by atoms with Crippen LogP contribution in [0.4, 0.5) is 0 Å². The van der Waals surface area contributed by atoms with Crippen LogP contribution in [-0.2, 0) is 11.3 Å². The third-order valence-corrected chi connectivity index (χ3v) is 2.01. The Hall–Kier alpha value is -1.39. The van der Waals surface area contributed by atoms with Gasteiger partial charge in [-0.05, 0) is 18.1 Å². The van der Waals surface area contributed by atoms with Crippen molar-refractivity contribution in [3.05, 3.63) is 30.0 Å². The molecule has 2 rings (SSSR count). The Kier molecular flexibility index (Phi) is 2.25. The van der Waals surface area contributed by atoms with Gasteiger partial charge >= 0.3 is 0 Å². The summed E-state index contributed by atoms with van der Waals surface area (Å²) in [4.78, 5) is 4.51. The standard InChI is InChI=1S/C9H11N3O/c10-13-4-3-7-1-2-8-6-11-12-9(8)5-7/h1-2,5-6H,3-4,10H2,(H,11,12). The largest absolute Gasteiger partial charge is 0.304 e. The molecule has 0 unspecified atom stereocenters. The van der Waals surface area contributed by atoms with Crippen LogP contribution in [0.1, 0.15) is 5.56 Å². The summed E-state index contributed by atoms with van der Waals surface area (Å²) in [5, 5.41) is 7.98. The SMILES string of the molecule is NOCCc1ccc2cn[nH]c2c1. The first kappa shape index (κ1) is 8.22. The Labute approximate surface area is 75.6 Å². The van der Waals surface area contributed by atoms with Crippen LogP contribution in [0, 0.1) is 0 Å². The average molecular weight is 177 g/mol. The zero-order valence-corrected chi connectivity index (χ0v) is 7.16. The maximum atomic E-state index is 4.95. The van der Waals surface area contributed by atoms with Gasteiger partial charge in [-0.15, -0.1) is 0 Å². The lowest BCUT2D eigenvalue weighted by Crippen LogP contribution is -2.03. The Morgan fingerprint density at radius 1 is 1.46 bits per heavy atom. The molecule has 2 aromatic rings. The van der Waals surface area contributed by atoms with E-state index < -0.39 is 0 Å². The van der Waals surface area contributed by atoms with E-state index in [2.05, 4.69) is 27.2 Å². The van der Waals surface area contributed by atoms with Crippen molar-refractivity contribution in [3.8, 4) is 0 Å². The summed E-state index contributed by atoms with van der Waals surface area (Å²) < 4.78 is 0. The molecule has 0 radical (unpaired) electrons. The second-order valence-electron chi connectivity index (χ2n) is 2.91. The van der Waals surface area contributed by atoms with Crippen LogP contribution in [0.3, 0.4) is 0 Å². The molecule has 13 heavy (non-hydrogen) atoms. The first-order chi connectivity index (χ1) is 6.40. The lowest BCUT2D eigenvalue weighted by atomic mass is 10.1. The molecule has 0 saturated carbocycles. The molecular weight excluding hydrogens is 166 g/mol. The Balaban J connectivity index is 2.26. The fourth-order valence-electron chi connectivity index (χ4n) is 1.32. The van der Waals surface area contributed by atoms with Crippen molar-refractivity contribution in [2.24, 2.45) is 5.90 Å². The minimum Gasteiger partial charge on any atom is -0.304 e. The Bertz CT molecular complexity index is 396. The first-order valence-electron chi connectivity index (χ1n) is 4.14. The van der Waals surface area contributed by atoms with E-state index in [0.717, 1.165) is 17.3 Å². The molecule has 0 aliphatic carbocycles. The molecule has 4 heteroatoms. The van der Waals surface area contributed by atoms with Crippen molar-refractivity contribution in [1.29, 1.82) is 0 Å². The number of rotatable bonds is 3. The zero-order chi connectivity index (χ0) is 9.10. The van der Waals surface area contributed by atoms with Crippen LogP contribution in [-0.4, -0.2) is 16.8 Å². The number of hydrogen-bond donors (Lipinski definition) is 2. The van der Waals surface area contributed by atoms with Crippen molar-refractivity contribution in [2.75, 3.05) is 6.61 Å². The summed E-state index contributed by atoms with van der Waals surface area (Å²) in [6.07, 6.45) is 2.63. The third kappa shape index (κ3) is 1.68. The average Bonchev–Trinajstić information content (AvgIpc) is 2.61. The smallest absolute Gasteiger partial charge is 0.0719 e. The highest BCUT2D eigenvalue weighted by Crippen LogP contribution is 2.12. The molecule has 0 bridgehead atoms. The predicted octanol–water partition coefficient (Wildman–Crippen LogP) is 0.996. The van der Waals surface area contributed by atoms with Crippen molar-refractivity contribution < 1.29 is 4.84 Å². The summed E-state index contributed by atoms with van der Waals surface area (Å²) in [6.45, 7) is 0.541. The predicted molar refractivity (Wildman–Crippen MR) is 49.9 cm³/mol. The number of fused-ring (bicyclic) bond motifs is 1. The number of aromatic nitrogens is 2. The van der Waals surface area contributed by atoms with Crippen molar-refractivity contribution in [2.45, 2.75) is 6.42 Å². The van der Waals surface area contributed by atoms with E-state index in [9.17, 15) is 0 Å². The first-order valence-corrected chi connectivity index (χ1v) is 4.14. The van der Waals surface area contributed by atoms with Gasteiger partial charge in [0.25, 0.3) is 0 Å². The van der Waals surface area contributed by atoms with Gasteiger partial charge in [0, 0.05) is 5.39 Å². The van der Waals surface area contributed by atoms with Crippen LogP contribution >= 0.6 is 0 Å². The summed E-state index contributed by atoms with van der Waals surface area (Å²) >= 11 is 0. The van der Waals surface area contributed by atoms with Gasteiger partial charge in [-0.1, -0.05) is 12.1 Å². The van der Waals surface area contributed by atoms with Crippen LogP contribution in [0.2, 0.25) is 0 Å². The molecule has 68 valence electrons. The monoisotopic (exact) mass is 177 g/mol. The second kappa shape index (κ2) is 3.55. The number of H-pyrrole nitrogens is 1. The van der Waals surface area contributed by atoms with E-state index >= 15 is 0 Å². The number of hydrogen-bond acceptors (Lipinski definition) is 3. The van der Waals surface area contributed by atoms with Gasteiger partial charge in [0.2, 0.25) is 0 Å². The summed E-state index contributed by atoms with van der Waals surface area (Å²) in [5.41, 5.74) is 2.25. The van der Waals surface area contributed by atoms with Gasteiger partial charge in [0.05, 0.1) is 18.3 Å². The van der Waals surface area contributed by atoms with E-state index in [4.69, 9.17) is 5.90 Å². The fraction of sp³-hybridized carbons (Fsp3) is 0.222. The molecular formula is C9H11N3O. The molecule has 1 aromatic carbocycles. The van der Waals surface area contributed by atoms with Crippen LogP contribution in [0.25, 0.3) is 10.9 Å². The highest BCUT2D eigenvalue weighted by Gasteiger charge is 1.97. The summed E-state index contributed by atoms with van der Waals surface area (Å²) in [5.74, 6) is 4.95. The van der Waals surface area contributed by atoms with Crippen LogP contribution in [0.5, 0.6) is 0 Å². The van der Waals surface area contributed by atoms with E-state index in [1.54, 1.807) is 6.20 Å². The van der Waals surface area contributed by atoms with E-state index in [0.29, 0.717) is 6.61 Å². The highest BCUT2D eigenvalue weighted by molar-refractivity contribution is 5.78. The van der Waals surface area contributed by atoms with Crippen molar-refractivity contribution in [3.63, 3.8) is 0 Å². The third-order valence-electron chi connectivity index (χ3n) is 2.01. The van der Waals surface area contributed by atoms with E-state index in [-0.39, 0.29) is 0 Å². The van der Waals surface area contributed by atoms with E-state index in [1.807, 2.05) is 6.07 Å². The molecule has 0 fully saturated rings. The highest BCUT2D eigenvalue weighted by atomic mass is 16.6. The molecule has 0 aliphatic rings.